The lowest BCUT2D eigenvalue weighted by atomic mass is 10.1. The van der Waals surface area contributed by atoms with Crippen molar-refractivity contribution in [2.24, 2.45) is 10.9 Å². The molecule has 0 aromatic heterocycles. The van der Waals surface area contributed by atoms with Crippen LogP contribution in [0.1, 0.15) is 36.8 Å². The molecule has 0 bridgehead atoms. The summed E-state index contributed by atoms with van der Waals surface area (Å²) in [6, 6.07) is 8.51. The molecule has 0 aliphatic heterocycles. The Morgan fingerprint density at radius 1 is 1.39 bits per heavy atom. The van der Waals surface area contributed by atoms with Crippen LogP contribution in [0.4, 0.5) is 0 Å². The van der Waals surface area contributed by atoms with Gasteiger partial charge < -0.3 is 10.9 Å². The summed E-state index contributed by atoms with van der Waals surface area (Å²) in [5, 5.41) is 11.9. The van der Waals surface area contributed by atoms with Crippen molar-refractivity contribution in [3.05, 3.63) is 35.4 Å². The Hall–Kier alpha value is -1.55. The van der Waals surface area contributed by atoms with E-state index < -0.39 is 0 Å². The second-order valence-electron chi connectivity index (χ2n) is 5.00. The van der Waals surface area contributed by atoms with Gasteiger partial charge in [0.15, 0.2) is 5.84 Å². The molecular formula is C14H21N3O. The van der Waals surface area contributed by atoms with Gasteiger partial charge in [-0.3, -0.25) is 4.90 Å². The van der Waals surface area contributed by atoms with Gasteiger partial charge in [-0.05, 0) is 25.5 Å². The molecule has 1 fully saturated rings. The van der Waals surface area contributed by atoms with Gasteiger partial charge in [-0.25, -0.2) is 0 Å². The number of nitrogens with zero attached hydrogens (tertiary/aromatic N) is 2. The molecule has 2 rings (SSSR count). The molecule has 98 valence electrons. The van der Waals surface area contributed by atoms with E-state index in [4.69, 9.17) is 10.9 Å². The molecule has 0 spiro atoms. The highest BCUT2D eigenvalue weighted by atomic mass is 16.4. The highest BCUT2D eigenvalue weighted by Crippen LogP contribution is 2.24. The van der Waals surface area contributed by atoms with Crippen molar-refractivity contribution in [3.63, 3.8) is 0 Å². The summed E-state index contributed by atoms with van der Waals surface area (Å²) in [5.41, 5.74) is 7.64. The molecule has 3 N–H and O–H groups in total. The van der Waals surface area contributed by atoms with Crippen LogP contribution in [-0.4, -0.2) is 29.0 Å². The first-order valence-electron chi connectivity index (χ1n) is 6.48. The molecule has 4 nitrogen and oxygen atoms in total. The third-order valence-corrected chi connectivity index (χ3v) is 3.77. The van der Waals surface area contributed by atoms with Gasteiger partial charge in [-0.2, -0.15) is 0 Å². The van der Waals surface area contributed by atoms with Crippen molar-refractivity contribution < 1.29 is 5.21 Å². The van der Waals surface area contributed by atoms with E-state index in [0.717, 1.165) is 17.7 Å². The Labute approximate surface area is 108 Å². The lowest BCUT2D eigenvalue weighted by molar-refractivity contribution is 0.237. The highest BCUT2D eigenvalue weighted by molar-refractivity contribution is 5.98. The minimum Gasteiger partial charge on any atom is -0.409 e. The molecule has 0 radical (unpaired) electrons. The van der Waals surface area contributed by atoms with E-state index in [1.54, 1.807) is 0 Å². The third-order valence-electron chi connectivity index (χ3n) is 3.77. The molecule has 1 aliphatic carbocycles. The van der Waals surface area contributed by atoms with Gasteiger partial charge in [-0.1, -0.05) is 42.3 Å². The first kappa shape index (κ1) is 12.9. The van der Waals surface area contributed by atoms with Crippen LogP contribution in [0.2, 0.25) is 0 Å². The van der Waals surface area contributed by atoms with Gasteiger partial charge in [0.05, 0.1) is 0 Å². The number of amidine groups is 1. The first-order valence-corrected chi connectivity index (χ1v) is 6.48. The maximum atomic E-state index is 8.81. The molecule has 18 heavy (non-hydrogen) atoms. The number of hydrogen-bond donors (Lipinski definition) is 2. The zero-order chi connectivity index (χ0) is 13.0. The fourth-order valence-electron chi connectivity index (χ4n) is 2.70. The lowest BCUT2D eigenvalue weighted by Crippen LogP contribution is -2.29. The summed E-state index contributed by atoms with van der Waals surface area (Å²) >= 11 is 0. The fraction of sp³-hybridized carbons (Fsp3) is 0.500. The van der Waals surface area contributed by atoms with E-state index in [0.29, 0.717) is 6.04 Å². The van der Waals surface area contributed by atoms with Gasteiger partial charge in [0.2, 0.25) is 0 Å². The number of benzene rings is 1. The predicted octanol–water partition coefficient (Wildman–Crippen LogP) is 2.16. The van der Waals surface area contributed by atoms with Crippen molar-refractivity contribution in [3.8, 4) is 0 Å². The molecule has 1 aliphatic rings. The van der Waals surface area contributed by atoms with Crippen LogP contribution in [0, 0.1) is 0 Å². The van der Waals surface area contributed by atoms with E-state index in [1.807, 2.05) is 24.3 Å². The number of nitrogens with two attached hydrogens (primary N) is 1. The normalized spacial score (nSPS) is 17.6. The number of rotatable bonds is 4. The Balaban J connectivity index is 2.13. The maximum Gasteiger partial charge on any atom is 0.170 e. The summed E-state index contributed by atoms with van der Waals surface area (Å²) in [6.45, 7) is 0.844. The van der Waals surface area contributed by atoms with E-state index in [2.05, 4.69) is 17.1 Å². The zero-order valence-electron chi connectivity index (χ0n) is 10.8. The van der Waals surface area contributed by atoms with Gasteiger partial charge in [0, 0.05) is 18.2 Å². The average Bonchev–Trinajstić information content (AvgIpc) is 2.92. The topological polar surface area (TPSA) is 61.8 Å². The highest BCUT2D eigenvalue weighted by Gasteiger charge is 2.20. The molecule has 1 aromatic carbocycles. The molecule has 0 saturated heterocycles. The minimum absolute atomic E-state index is 0.186. The molecule has 0 heterocycles. The molecule has 4 heteroatoms. The van der Waals surface area contributed by atoms with Gasteiger partial charge in [0.1, 0.15) is 0 Å². The SMILES string of the molecule is CN(Cc1ccccc1/C(N)=N/O)C1CCCC1. The maximum absolute atomic E-state index is 8.81. The number of oxime groups is 1. The van der Waals surface area contributed by atoms with Crippen LogP contribution in [0.15, 0.2) is 29.4 Å². The van der Waals surface area contributed by atoms with Gasteiger partial charge >= 0.3 is 0 Å². The van der Waals surface area contributed by atoms with Crippen molar-refractivity contribution in [1.82, 2.24) is 4.90 Å². The summed E-state index contributed by atoms with van der Waals surface area (Å²) in [7, 11) is 2.15. The Morgan fingerprint density at radius 2 is 2.06 bits per heavy atom. The summed E-state index contributed by atoms with van der Waals surface area (Å²) in [4.78, 5) is 2.37. The molecule has 0 unspecified atom stereocenters. The van der Waals surface area contributed by atoms with Crippen molar-refractivity contribution in [2.45, 2.75) is 38.3 Å². The van der Waals surface area contributed by atoms with Gasteiger partial charge in [0.25, 0.3) is 0 Å². The number of hydrogen-bond acceptors (Lipinski definition) is 3. The first-order chi connectivity index (χ1) is 8.72. The second kappa shape index (κ2) is 5.87. The average molecular weight is 247 g/mol. The largest absolute Gasteiger partial charge is 0.409 e. The minimum atomic E-state index is 0.186. The quantitative estimate of drug-likeness (QED) is 0.371. The van der Waals surface area contributed by atoms with Crippen LogP contribution in [-0.2, 0) is 6.54 Å². The zero-order valence-corrected chi connectivity index (χ0v) is 10.8. The molecular weight excluding hydrogens is 226 g/mol. The molecule has 1 saturated carbocycles. The monoisotopic (exact) mass is 247 g/mol. The molecule has 0 amide bonds. The molecule has 1 aromatic rings. The summed E-state index contributed by atoms with van der Waals surface area (Å²) in [6.07, 6.45) is 5.22. The van der Waals surface area contributed by atoms with Crippen molar-refractivity contribution in [2.75, 3.05) is 7.05 Å². The standard InChI is InChI=1S/C14H21N3O/c1-17(12-7-3-4-8-12)10-11-6-2-5-9-13(11)14(15)16-18/h2,5-6,9,12,18H,3-4,7-8,10H2,1H3,(H2,15,16). The smallest absolute Gasteiger partial charge is 0.170 e. The van der Waals surface area contributed by atoms with E-state index >= 15 is 0 Å². The summed E-state index contributed by atoms with van der Waals surface area (Å²) < 4.78 is 0. The third kappa shape index (κ3) is 2.82. The lowest BCUT2D eigenvalue weighted by Gasteiger charge is -2.24. The van der Waals surface area contributed by atoms with Crippen LogP contribution in [0.5, 0.6) is 0 Å². The van der Waals surface area contributed by atoms with E-state index in [9.17, 15) is 0 Å². The second-order valence-corrected chi connectivity index (χ2v) is 5.00. The van der Waals surface area contributed by atoms with Crippen molar-refractivity contribution >= 4 is 5.84 Å². The van der Waals surface area contributed by atoms with E-state index in [1.165, 1.54) is 25.7 Å². The Morgan fingerprint density at radius 3 is 2.72 bits per heavy atom. The fourth-order valence-corrected chi connectivity index (χ4v) is 2.70. The predicted molar refractivity (Wildman–Crippen MR) is 72.7 cm³/mol. The van der Waals surface area contributed by atoms with Crippen LogP contribution < -0.4 is 5.73 Å². The summed E-state index contributed by atoms with van der Waals surface area (Å²) in [5.74, 6) is 0.186. The van der Waals surface area contributed by atoms with Crippen LogP contribution in [0.25, 0.3) is 0 Å². The van der Waals surface area contributed by atoms with Crippen LogP contribution in [0.3, 0.4) is 0 Å². The Kier molecular flexibility index (Phi) is 4.20. The van der Waals surface area contributed by atoms with Crippen molar-refractivity contribution in [1.29, 1.82) is 0 Å². The Bertz CT molecular complexity index is 425. The van der Waals surface area contributed by atoms with Gasteiger partial charge in [-0.15, -0.1) is 0 Å². The van der Waals surface area contributed by atoms with E-state index in [-0.39, 0.29) is 5.84 Å². The molecule has 0 atom stereocenters. The van der Waals surface area contributed by atoms with Crippen LogP contribution >= 0.6 is 0 Å².